The average Bonchev–Trinajstić information content (AvgIpc) is 2.84. The molecule has 0 saturated carbocycles. The van der Waals surface area contributed by atoms with Crippen LogP contribution in [0.15, 0.2) is 6.33 Å². The van der Waals surface area contributed by atoms with Crippen LogP contribution in [-0.4, -0.2) is 38.4 Å². The van der Waals surface area contributed by atoms with Crippen LogP contribution in [0.2, 0.25) is 5.15 Å². The highest BCUT2D eigenvalue weighted by atomic mass is 35.5. The van der Waals surface area contributed by atoms with E-state index in [0.717, 1.165) is 6.42 Å². The molecule has 0 fully saturated rings. The number of amides is 1. The minimum Gasteiger partial charge on any atom is -0.341 e. The van der Waals surface area contributed by atoms with Crippen molar-refractivity contribution in [3.05, 3.63) is 11.5 Å². The molecule has 0 aliphatic heterocycles. The summed E-state index contributed by atoms with van der Waals surface area (Å²) in [5, 5.41) is 5.89. The molecular formula is C11H15ClN6O. The van der Waals surface area contributed by atoms with Gasteiger partial charge in [0.1, 0.15) is 5.52 Å². The third-order valence-electron chi connectivity index (χ3n) is 2.72. The normalized spacial score (nSPS) is 12.6. The van der Waals surface area contributed by atoms with Crippen LogP contribution in [0.4, 0.5) is 5.95 Å². The average molecular weight is 283 g/mol. The van der Waals surface area contributed by atoms with Crippen LogP contribution in [0.3, 0.4) is 0 Å². The SMILES string of the molecule is CCC(C)NCC(=O)Nc1nc(Cl)c2[nH]cnc2n1. The lowest BCUT2D eigenvalue weighted by molar-refractivity contribution is -0.115. The predicted octanol–water partition coefficient (Wildman–Crippen LogP) is 1.33. The van der Waals surface area contributed by atoms with Gasteiger partial charge in [0.25, 0.3) is 0 Å². The van der Waals surface area contributed by atoms with E-state index in [1.165, 1.54) is 6.33 Å². The number of nitrogens with one attached hydrogen (secondary N) is 3. The van der Waals surface area contributed by atoms with E-state index < -0.39 is 0 Å². The summed E-state index contributed by atoms with van der Waals surface area (Å²) in [6.45, 7) is 4.26. The highest BCUT2D eigenvalue weighted by Gasteiger charge is 2.11. The standard InChI is InChI=1S/C11H15ClN6O/c1-3-6(2)13-4-7(19)16-11-17-9(12)8-10(18-11)15-5-14-8/h5-6,13H,3-4H2,1-2H3,(H2,14,15,16,17,18,19). The molecule has 0 bridgehead atoms. The lowest BCUT2D eigenvalue weighted by Gasteiger charge is -2.10. The zero-order valence-corrected chi connectivity index (χ0v) is 11.5. The Morgan fingerprint density at radius 2 is 2.32 bits per heavy atom. The topological polar surface area (TPSA) is 95.6 Å². The van der Waals surface area contributed by atoms with Crippen LogP contribution in [-0.2, 0) is 4.79 Å². The van der Waals surface area contributed by atoms with E-state index in [-0.39, 0.29) is 29.6 Å². The summed E-state index contributed by atoms with van der Waals surface area (Å²) in [5.74, 6) is -0.0631. The zero-order valence-electron chi connectivity index (χ0n) is 10.7. The second kappa shape index (κ2) is 5.94. The van der Waals surface area contributed by atoms with Gasteiger partial charge in [-0.2, -0.15) is 9.97 Å². The van der Waals surface area contributed by atoms with Crippen LogP contribution >= 0.6 is 11.6 Å². The number of hydrogen-bond acceptors (Lipinski definition) is 5. The number of anilines is 1. The van der Waals surface area contributed by atoms with Crippen LogP contribution in [0.5, 0.6) is 0 Å². The first-order valence-corrected chi connectivity index (χ1v) is 6.37. The highest BCUT2D eigenvalue weighted by Crippen LogP contribution is 2.17. The quantitative estimate of drug-likeness (QED) is 0.719. The molecule has 2 heterocycles. The van der Waals surface area contributed by atoms with Crippen LogP contribution in [0.25, 0.3) is 11.2 Å². The van der Waals surface area contributed by atoms with Crippen molar-refractivity contribution < 1.29 is 4.79 Å². The number of H-pyrrole nitrogens is 1. The second-order valence-electron chi connectivity index (χ2n) is 4.18. The van der Waals surface area contributed by atoms with E-state index in [1.807, 2.05) is 13.8 Å². The Morgan fingerprint density at radius 3 is 3.05 bits per heavy atom. The summed E-state index contributed by atoms with van der Waals surface area (Å²) < 4.78 is 0. The monoisotopic (exact) mass is 282 g/mol. The summed E-state index contributed by atoms with van der Waals surface area (Å²) in [6.07, 6.45) is 2.43. The maximum absolute atomic E-state index is 11.7. The Labute approximate surface area is 115 Å². The Kier molecular flexibility index (Phi) is 4.28. The molecule has 0 spiro atoms. The number of aromatic nitrogens is 4. The summed E-state index contributed by atoms with van der Waals surface area (Å²) in [5.41, 5.74) is 0.975. The molecule has 8 heteroatoms. The number of carbonyl (C=O) groups excluding carboxylic acids is 1. The lowest BCUT2D eigenvalue weighted by atomic mass is 10.2. The lowest BCUT2D eigenvalue weighted by Crippen LogP contribution is -2.34. The number of aromatic amines is 1. The second-order valence-corrected chi connectivity index (χ2v) is 4.54. The molecule has 0 saturated heterocycles. The number of carbonyl (C=O) groups is 1. The third kappa shape index (κ3) is 3.39. The van der Waals surface area contributed by atoms with E-state index >= 15 is 0 Å². The molecule has 7 nitrogen and oxygen atoms in total. The fourth-order valence-corrected chi connectivity index (χ4v) is 1.65. The maximum Gasteiger partial charge on any atom is 0.240 e. The van der Waals surface area contributed by atoms with Gasteiger partial charge in [0.2, 0.25) is 11.9 Å². The largest absolute Gasteiger partial charge is 0.341 e. The Morgan fingerprint density at radius 1 is 1.53 bits per heavy atom. The van der Waals surface area contributed by atoms with Crippen molar-refractivity contribution in [1.82, 2.24) is 25.3 Å². The van der Waals surface area contributed by atoms with Gasteiger partial charge >= 0.3 is 0 Å². The van der Waals surface area contributed by atoms with Gasteiger partial charge in [0.05, 0.1) is 12.9 Å². The molecule has 1 unspecified atom stereocenters. The molecule has 1 amide bonds. The molecule has 102 valence electrons. The van der Waals surface area contributed by atoms with Crippen molar-refractivity contribution in [1.29, 1.82) is 0 Å². The molecule has 0 aliphatic rings. The molecule has 19 heavy (non-hydrogen) atoms. The molecule has 0 aromatic carbocycles. The third-order valence-corrected chi connectivity index (χ3v) is 2.99. The number of rotatable bonds is 5. The highest BCUT2D eigenvalue weighted by molar-refractivity contribution is 6.33. The minimum atomic E-state index is -0.216. The first-order valence-electron chi connectivity index (χ1n) is 6.00. The molecule has 0 aliphatic carbocycles. The summed E-state index contributed by atoms with van der Waals surface area (Å²) in [4.78, 5) is 26.6. The van der Waals surface area contributed by atoms with Crippen LogP contribution in [0.1, 0.15) is 20.3 Å². The number of nitrogens with zero attached hydrogens (tertiary/aromatic N) is 3. The Hall–Kier alpha value is -1.73. The van der Waals surface area contributed by atoms with E-state index in [0.29, 0.717) is 11.2 Å². The molecule has 3 N–H and O–H groups in total. The fourth-order valence-electron chi connectivity index (χ4n) is 1.43. The van der Waals surface area contributed by atoms with Gasteiger partial charge in [-0.25, -0.2) is 4.98 Å². The van der Waals surface area contributed by atoms with Crippen molar-refractivity contribution in [2.45, 2.75) is 26.3 Å². The van der Waals surface area contributed by atoms with Gasteiger partial charge in [-0.1, -0.05) is 18.5 Å². The van der Waals surface area contributed by atoms with Gasteiger partial charge in [-0.15, -0.1) is 0 Å². The number of imidazole rings is 1. The van der Waals surface area contributed by atoms with E-state index in [4.69, 9.17) is 11.6 Å². The molecule has 2 aromatic heterocycles. The Balaban J connectivity index is 2.02. The number of hydrogen-bond donors (Lipinski definition) is 3. The summed E-state index contributed by atoms with van der Waals surface area (Å²) in [7, 11) is 0. The van der Waals surface area contributed by atoms with Crippen molar-refractivity contribution in [3.8, 4) is 0 Å². The van der Waals surface area contributed by atoms with Crippen LogP contribution < -0.4 is 10.6 Å². The smallest absolute Gasteiger partial charge is 0.240 e. The van der Waals surface area contributed by atoms with Crippen molar-refractivity contribution >= 4 is 34.6 Å². The van der Waals surface area contributed by atoms with Crippen molar-refractivity contribution in [3.63, 3.8) is 0 Å². The van der Waals surface area contributed by atoms with Crippen molar-refractivity contribution in [2.75, 3.05) is 11.9 Å². The minimum absolute atomic E-state index is 0.153. The molecule has 2 rings (SSSR count). The van der Waals surface area contributed by atoms with Gasteiger partial charge in [-0.05, 0) is 13.3 Å². The van der Waals surface area contributed by atoms with Gasteiger partial charge in [0.15, 0.2) is 10.8 Å². The number of fused-ring (bicyclic) bond motifs is 1. The van der Waals surface area contributed by atoms with E-state index in [1.54, 1.807) is 0 Å². The molecule has 0 radical (unpaired) electrons. The van der Waals surface area contributed by atoms with Gasteiger partial charge in [0, 0.05) is 6.04 Å². The van der Waals surface area contributed by atoms with Gasteiger partial charge in [-0.3, -0.25) is 10.1 Å². The van der Waals surface area contributed by atoms with Gasteiger partial charge < -0.3 is 10.3 Å². The Bertz CT molecular complexity index is 584. The number of halogens is 1. The first-order chi connectivity index (χ1) is 9.10. The summed E-state index contributed by atoms with van der Waals surface area (Å²) >= 11 is 5.95. The summed E-state index contributed by atoms with van der Waals surface area (Å²) in [6, 6.07) is 0.282. The predicted molar refractivity (Wildman–Crippen MR) is 73.1 cm³/mol. The van der Waals surface area contributed by atoms with E-state index in [2.05, 4.69) is 30.6 Å². The molecule has 1 atom stereocenters. The molecule has 2 aromatic rings. The zero-order chi connectivity index (χ0) is 13.8. The first kappa shape index (κ1) is 13.7. The van der Waals surface area contributed by atoms with E-state index in [9.17, 15) is 4.79 Å². The fraction of sp³-hybridized carbons (Fsp3) is 0.455. The molecular weight excluding hydrogens is 268 g/mol. The van der Waals surface area contributed by atoms with Crippen molar-refractivity contribution in [2.24, 2.45) is 0 Å². The maximum atomic E-state index is 11.7. The van der Waals surface area contributed by atoms with Crippen LogP contribution in [0, 0.1) is 0 Å².